The number of rotatable bonds is 5. The van der Waals surface area contributed by atoms with E-state index in [9.17, 15) is 0 Å². The molecular weight excluding hydrogens is 258 g/mol. The molecule has 1 unspecified atom stereocenters. The topological polar surface area (TPSA) is 60.2 Å². The standard InChI is InChI=1S/C14H19N3OS/c1-9(2)18-12-6-4-11(5-7-12)13(17-15)14-10(3)16-8-19-14/h4-9,13,17H,15H2,1-3H3. The zero-order chi connectivity index (χ0) is 13.8. The fourth-order valence-electron chi connectivity index (χ4n) is 1.92. The van der Waals surface area contributed by atoms with Gasteiger partial charge in [-0.1, -0.05) is 12.1 Å². The van der Waals surface area contributed by atoms with E-state index in [0.29, 0.717) is 0 Å². The first kappa shape index (κ1) is 14.0. The highest BCUT2D eigenvalue weighted by atomic mass is 32.1. The van der Waals surface area contributed by atoms with Crippen molar-refractivity contribution in [2.24, 2.45) is 5.84 Å². The van der Waals surface area contributed by atoms with Gasteiger partial charge < -0.3 is 4.74 Å². The average molecular weight is 277 g/mol. The molecule has 2 aromatic rings. The third-order valence-electron chi connectivity index (χ3n) is 2.80. The molecule has 0 radical (unpaired) electrons. The number of nitrogens with two attached hydrogens (primary N) is 1. The summed E-state index contributed by atoms with van der Waals surface area (Å²) >= 11 is 1.61. The number of nitrogens with zero attached hydrogens (tertiary/aromatic N) is 1. The second kappa shape index (κ2) is 6.14. The lowest BCUT2D eigenvalue weighted by Gasteiger charge is -2.16. The van der Waals surface area contributed by atoms with Crippen molar-refractivity contribution < 1.29 is 4.74 Å². The van der Waals surface area contributed by atoms with E-state index >= 15 is 0 Å². The summed E-state index contributed by atoms with van der Waals surface area (Å²) in [6, 6.07) is 7.97. The fraction of sp³-hybridized carbons (Fsp3) is 0.357. The minimum absolute atomic E-state index is 0.0272. The number of aryl methyl sites for hydroxylation is 1. The molecule has 1 heterocycles. The largest absolute Gasteiger partial charge is 0.491 e. The van der Waals surface area contributed by atoms with Crippen molar-refractivity contribution in [1.82, 2.24) is 10.4 Å². The second-order valence-electron chi connectivity index (χ2n) is 4.64. The highest BCUT2D eigenvalue weighted by Crippen LogP contribution is 2.28. The number of aromatic nitrogens is 1. The van der Waals surface area contributed by atoms with Crippen LogP contribution in [0, 0.1) is 6.92 Å². The lowest BCUT2D eigenvalue weighted by Crippen LogP contribution is -2.28. The molecule has 1 aromatic heterocycles. The Bertz CT molecular complexity index is 522. The molecule has 0 bridgehead atoms. The first-order valence-electron chi connectivity index (χ1n) is 6.24. The Hall–Kier alpha value is -1.43. The molecule has 0 amide bonds. The van der Waals surface area contributed by atoms with Crippen molar-refractivity contribution >= 4 is 11.3 Å². The van der Waals surface area contributed by atoms with Crippen LogP contribution in [0.15, 0.2) is 29.8 Å². The van der Waals surface area contributed by atoms with Crippen LogP contribution in [-0.2, 0) is 0 Å². The zero-order valence-electron chi connectivity index (χ0n) is 11.4. The molecule has 0 saturated carbocycles. The number of benzene rings is 1. The second-order valence-corrected chi connectivity index (χ2v) is 5.52. The summed E-state index contributed by atoms with van der Waals surface area (Å²) in [5.74, 6) is 6.55. The summed E-state index contributed by atoms with van der Waals surface area (Å²) in [4.78, 5) is 5.41. The van der Waals surface area contributed by atoms with E-state index in [4.69, 9.17) is 10.6 Å². The molecule has 0 fully saturated rings. The number of nitrogens with one attached hydrogen (secondary N) is 1. The van der Waals surface area contributed by atoms with Crippen LogP contribution in [0.25, 0.3) is 0 Å². The van der Waals surface area contributed by atoms with Crippen molar-refractivity contribution in [3.05, 3.63) is 45.9 Å². The van der Waals surface area contributed by atoms with Crippen molar-refractivity contribution in [1.29, 1.82) is 0 Å². The Morgan fingerprint density at radius 1 is 1.26 bits per heavy atom. The van der Waals surface area contributed by atoms with Crippen LogP contribution in [0.4, 0.5) is 0 Å². The van der Waals surface area contributed by atoms with Crippen molar-refractivity contribution in [3.8, 4) is 5.75 Å². The van der Waals surface area contributed by atoms with Gasteiger partial charge in [0.25, 0.3) is 0 Å². The quantitative estimate of drug-likeness (QED) is 0.651. The Balaban J connectivity index is 2.22. The molecule has 2 rings (SSSR count). The first-order chi connectivity index (χ1) is 9.11. The first-order valence-corrected chi connectivity index (χ1v) is 7.12. The monoisotopic (exact) mass is 277 g/mol. The molecule has 3 N–H and O–H groups in total. The van der Waals surface area contributed by atoms with Crippen LogP contribution in [0.3, 0.4) is 0 Å². The maximum absolute atomic E-state index is 5.68. The summed E-state index contributed by atoms with van der Waals surface area (Å²) < 4.78 is 5.64. The van der Waals surface area contributed by atoms with E-state index in [1.807, 2.05) is 50.5 Å². The molecule has 5 heteroatoms. The maximum atomic E-state index is 5.68. The molecule has 0 aliphatic carbocycles. The predicted octanol–water partition coefficient (Wildman–Crippen LogP) is 2.79. The predicted molar refractivity (Wildman–Crippen MR) is 78.2 cm³/mol. The van der Waals surface area contributed by atoms with E-state index in [2.05, 4.69) is 10.4 Å². The molecule has 0 aliphatic heterocycles. The van der Waals surface area contributed by atoms with Gasteiger partial charge in [-0.25, -0.2) is 10.4 Å². The Kier molecular flexibility index (Phi) is 4.52. The molecule has 19 heavy (non-hydrogen) atoms. The molecule has 0 aliphatic rings. The lowest BCUT2D eigenvalue weighted by molar-refractivity contribution is 0.242. The summed E-state index contributed by atoms with van der Waals surface area (Å²) in [7, 11) is 0. The van der Waals surface area contributed by atoms with E-state index in [-0.39, 0.29) is 12.1 Å². The van der Waals surface area contributed by atoms with Gasteiger partial charge >= 0.3 is 0 Å². The van der Waals surface area contributed by atoms with Crippen LogP contribution in [0.2, 0.25) is 0 Å². The average Bonchev–Trinajstić information content (AvgIpc) is 2.78. The number of ether oxygens (including phenoxy) is 1. The molecule has 1 atom stereocenters. The highest BCUT2D eigenvalue weighted by Gasteiger charge is 2.16. The minimum atomic E-state index is -0.0272. The third-order valence-corrected chi connectivity index (χ3v) is 3.79. The maximum Gasteiger partial charge on any atom is 0.119 e. The third kappa shape index (κ3) is 3.32. The SMILES string of the molecule is Cc1ncsc1C(NN)c1ccc(OC(C)C)cc1. The highest BCUT2D eigenvalue weighted by molar-refractivity contribution is 7.09. The van der Waals surface area contributed by atoms with Crippen molar-refractivity contribution in [2.75, 3.05) is 0 Å². The van der Waals surface area contributed by atoms with E-state index < -0.39 is 0 Å². The molecular formula is C14H19N3OS. The number of thiazole rings is 1. The Morgan fingerprint density at radius 3 is 2.42 bits per heavy atom. The molecule has 4 nitrogen and oxygen atoms in total. The Labute approximate surface area is 117 Å². The number of hydrogen-bond donors (Lipinski definition) is 2. The fourth-order valence-corrected chi connectivity index (χ4v) is 2.81. The van der Waals surface area contributed by atoms with Crippen LogP contribution in [0.5, 0.6) is 5.75 Å². The van der Waals surface area contributed by atoms with Gasteiger partial charge in [0.15, 0.2) is 0 Å². The van der Waals surface area contributed by atoms with Crippen molar-refractivity contribution in [3.63, 3.8) is 0 Å². The van der Waals surface area contributed by atoms with Crippen LogP contribution in [0.1, 0.15) is 36.0 Å². The van der Waals surface area contributed by atoms with Gasteiger partial charge in [0.1, 0.15) is 5.75 Å². The van der Waals surface area contributed by atoms with E-state index in [0.717, 1.165) is 21.9 Å². The Morgan fingerprint density at radius 2 is 1.95 bits per heavy atom. The molecule has 1 aromatic carbocycles. The van der Waals surface area contributed by atoms with Gasteiger partial charge in [-0.2, -0.15) is 0 Å². The van der Waals surface area contributed by atoms with E-state index in [1.165, 1.54) is 0 Å². The summed E-state index contributed by atoms with van der Waals surface area (Å²) in [6.07, 6.45) is 0.179. The van der Waals surface area contributed by atoms with Crippen molar-refractivity contribution in [2.45, 2.75) is 32.9 Å². The van der Waals surface area contributed by atoms with Crippen LogP contribution in [-0.4, -0.2) is 11.1 Å². The molecule has 0 spiro atoms. The normalized spacial score (nSPS) is 12.7. The molecule has 102 valence electrons. The van der Waals surface area contributed by atoms with E-state index in [1.54, 1.807) is 11.3 Å². The van der Waals surface area contributed by atoms with Gasteiger partial charge in [-0.3, -0.25) is 5.84 Å². The minimum Gasteiger partial charge on any atom is -0.491 e. The van der Waals surface area contributed by atoms with Gasteiger partial charge in [0, 0.05) is 0 Å². The van der Waals surface area contributed by atoms with Gasteiger partial charge in [-0.05, 0) is 38.5 Å². The zero-order valence-corrected chi connectivity index (χ0v) is 12.2. The van der Waals surface area contributed by atoms with Gasteiger partial charge in [0.05, 0.1) is 28.2 Å². The number of hydrazine groups is 1. The van der Waals surface area contributed by atoms with Gasteiger partial charge in [0.2, 0.25) is 0 Å². The van der Waals surface area contributed by atoms with Gasteiger partial charge in [-0.15, -0.1) is 11.3 Å². The summed E-state index contributed by atoms with van der Waals surface area (Å²) in [5.41, 5.74) is 6.80. The summed E-state index contributed by atoms with van der Waals surface area (Å²) in [6.45, 7) is 6.02. The van der Waals surface area contributed by atoms with Crippen LogP contribution < -0.4 is 16.0 Å². The van der Waals surface area contributed by atoms with Crippen LogP contribution >= 0.6 is 11.3 Å². The smallest absolute Gasteiger partial charge is 0.119 e. The summed E-state index contributed by atoms with van der Waals surface area (Å²) in [5, 5.41) is 0. The lowest BCUT2D eigenvalue weighted by atomic mass is 10.0. The molecule has 0 saturated heterocycles. The number of hydrogen-bond acceptors (Lipinski definition) is 5.